The van der Waals surface area contributed by atoms with Crippen LogP contribution in [0.4, 0.5) is 5.13 Å². The Hall–Kier alpha value is -1.15. The maximum Gasteiger partial charge on any atom is 0.209 e. The maximum absolute atomic E-state index is 4.54. The Balaban J connectivity index is 1.34. The van der Waals surface area contributed by atoms with Crippen LogP contribution >= 0.6 is 23.1 Å². The number of aromatic nitrogens is 5. The van der Waals surface area contributed by atoms with E-state index in [-0.39, 0.29) is 0 Å². The van der Waals surface area contributed by atoms with Crippen molar-refractivity contribution < 1.29 is 0 Å². The SMILES string of the molecule is C1CCN(c2nnc(SCc3nc(C4CC4)n[nH]3)s2)CC1. The summed E-state index contributed by atoms with van der Waals surface area (Å²) in [6.45, 7) is 2.23. The molecule has 1 saturated carbocycles. The summed E-state index contributed by atoms with van der Waals surface area (Å²) in [5, 5.41) is 17.0. The highest BCUT2D eigenvalue weighted by molar-refractivity contribution is 8.00. The minimum Gasteiger partial charge on any atom is -0.347 e. The van der Waals surface area contributed by atoms with Crippen LogP contribution in [-0.2, 0) is 5.75 Å². The van der Waals surface area contributed by atoms with Crippen molar-refractivity contribution in [3.05, 3.63) is 11.6 Å². The first kappa shape index (κ1) is 13.5. The van der Waals surface area contributed by atoms with Gasteiger partial charge in [0, 0.05) is 19.0 Å². The van der Waals surface area contributed by atoms with Gasteiger partial charge in [-0.2, -0.15) is 5.10 Å². The third-order valence-corrected chi connectivity index (χ3v) is 5.97. The van der Waals surface area contributed by atoms with Crippen molar-refractivity contribution in [1.29, 1.82) is 0 Å². The minimum atomic E-state index is 0.604. The summed E-state index contributed by atoms with van der Waals surface area (Å²) in [4.78, 5) is 6.89. The molecule has 0 amide bonds. The highest BCUT2D eigenvalue weighted by Gasteiger charge is 2.27. The monoisotopic (exact) mass is 322 g/mol. The van der Waals surface area contributed by atoms with Crippen LogP contribution in [0.3, 0.4) is 0 Å². The molecule has 1 aliphatic heterocycles. The third kappa shape index (κ3) is 3.21. The van der Waals surface area contributed by atoms with Gasteiger partial charge in [-0.1, -0.05) is 23.1 Å². The van der Waals surface area contributed by atoms with E-state index < -0.39 is 0 Å². The molecule has 1 N–H and O–H groups in total. The summed E-state index contributed by atoms with van der Waals surface area (Å²) in [5.74, 6) is 3.31. The number of rotatable bonds is 5. The number of piperidine rings is 1. The molecule has 0 unspecified atom stereocenters. The molecule has 21 heavy (non-hydrogen) atoms. The zero-order valence-corrected chi connectivity index (χ0v) is 13.4. The predicted molar refractivity (Wildman–Crippen MR) is 83.9 cm³/mol. The van der Waals surface area contributed by atoms with Gasteiger partial charge in [0.15, 0.2) is 10.2 Å². The van der Waals surface area contributed by atoms with Gasteiger partial charge in [-0.3, -0.25) is 5.10 Å². The second kappa shape index (κ2) is 5.92. The fraction of sp³-hybridized carbons (Fsp3) is 0.692. The van der Waals surface area contributed by atoms with Gasteiger partial charge in [-0.05, 0) is 32.1 Å². The van der Waals surface area contributed by atoms with Crippen LogP contribution < -0.4 is 4.90 Å². The van der Waals surface area contributed by atoms with E-state index in [4.69, 9.17) is 0 Å². The zero-order valence-electron chi connectivity index (χ0n) is 11.8. The van der Waals surface area contributed by atoms with Crippen LogP contribution in [-0.4, -0.2) is 38.5 Å². The van der Waals surface area contributed by atoms with Gasteiger partial charge in [-0.25, -0.2) is 4.98 Å². The number of thioether (sulfide) groups is 1. The molecule has 0 atom stereocenters. The standard InChI is InChI=1S/C13H18N6S2/c1-2-6-19(7-3-1)12-17-18-13(21-12)20-8-10-14-11(16-15-10)9-4-5-9/h9H,1-8H2,(H,14,15,16). The molecule has 2 aromatic rings. The summed E-state index contributed by atoms with van der Waals surface area (Å²) in [7, 11) is 0. The van der Waals surface area contributed by atoms with Crippen LogP contribution in [0.25, 0.3) is 0 Å². The number of aromatic amines is 1. The predicted octanol–water partition coefficient (Wildman–Crippen LogP) is 2.82. The number of nitrogens with zero attached hydrogens (tertiary/aromatic N) is 5. The second-order valence-corrected chi connectivity index (χ2v) is 7.78. The molecule has 3 heterocycles. The fourth-order valence-electron chi connectivity index (χ4n) is 2.50. The quantitative estimate of drug-likeness (QED) is 0.854. The van der Waals surface area contributed by atoms with E-state index in [1.807, 2.05) is 0 Å². The van der Waals surface area contributed by atoms with E-state index in [0.717, 1.165) is 40.0 Å². The van der Waals surface area contributed by atoms with Gasteiger partial charge < -0.3 is 4.90 Å². The van der Waals surface area contributed by atoms with Gasteiger partial charge >= 0.3 is 0 Å². The average molecular weight is 322 g/mol. The molecular formula is C13H18N6S2. The molecule has 2 aliphatic rings. The molecule has 0 spiro atoms. The number of nitrogens with one attached hydrogen (secondary N) is 1. The first-order chi connectivity index (χ1) is 10.4. The highest BCUT2D eigenvalue weighted by atomic mass is 32.2. The largest absolute Gasteiger partial charge is 0.347 e. The van der Waals surface area contributed by atoms with Crippen LogP contribution in [0.5, 0.6) is 0 Å². The molecule has 0 radical (unpaired) electrons. The van der Waals surface area contributed by atoms with E-state index in [1.165, 1.54) is 32.1 Å². The highest BCUT2D eigenvalue weighted by Crippen LogP contribution is 2.38. The average Bonchev–Trinajstić information content (AvgIpc) is 3.09. The molecule has 0 aromatic carbocycles. The van der Waals surface area contributed by atoms with Crippen LogP contribution in [0.15, 0.2) is 4.34 Å². The topological polar surface area (TPSA) is 70.6 Å². The Morgan fingerprint density at radius 3 is 2.86 bits per heavy atom. The molecule has 8 heteroatoms. The minimum absolute atomic E-state index is 0.604. The lowest BCUT2D eigenvalue weighted by molar-refractivity contribution is 0.575. The molecule has 2 aromatic heterocycles. The third-order valence-electron chi connectivity index (χ3n) is 3.85. The van der Waals surface area contributed by atoms with Crippen molar-refractivity contribution in [1.82, 2.24) is 25.4 Å². The van der Waals surface area contributed by atoms with E-state index in [9.17, 15) is 0 Å². The molecular weight excluding hydrogens is 304 g/mol. The first-order valence-electron chi connectivity index (χ1n) is 7.51. The number of H-pyrrole nitrogens is 1. The number of hydrogen-bond donors (Lipinski definition) is 1. The van der Waals surface area contributed by atoms with E-state index in [0.29, 0.717) is 5.92 Å². The molecule has 1 aliphatic carbocycles. The summed E-state index contributed by atoms with van der Waals surface area (Å²) >= 11 is 3.38. The lowest BCUT2D eigenvalue weighted by Crippen LogP contribution is -2.29. The van der Waals surface area contributed by atoms with Crippen LogP contribution in [0.1, 0.15) is 49.7 Å². The van der Waals surface area contributed by atoms with Crippen LogP contribution in [0, 0.1) is 0 Å². The Labute approximate surface area is 131 Å². The Bertz CT molecular complexity index is 599. The Morgan fingerprint density at radius 1 is 1.19 bits per heavy atom. The van der Waals surface area contributed by atoms with Gasteiger partial charge in [0.05, 0.1) is 5.75 Å². The smallest absolute Gasteiger partial charge is 0.209 e. The van der Waals surface area contributed by atoms with Crippen molar-refractivity contribution >= 4 is 28.2 Å². The van der Waals surface area contributed by atoms with Crippen molar-refractivity contribution in [3.63, 3.8) is 0 Å². The Kier molecular flexibility index (Phi) is 3.81. The zero-order chi connectivity index (χ0) is 14.1. The summed E-state index contributed by atoms with van der Waals surface area (Å²) in [6.07, 6.45) is 6.35. The number of hydrogen-bond acceptors (Lipinski definition) is 7. The van der Waals surface area contributed by atoms with Gasteiger partial charge in [-0.15, -0.1) is 10.2 Å². The Morgan fingerprint density at radius 2 is 2.05 bits per heavy atom. The van der Waals surface area contributed by atoms with E-state index in [2.05, 4.69) is 30.3 Å². The lowest BCUT2D eigenvalue weighted by Gasteiger charge is -2.25. The van der Waals surface area contributed by atoms with Crippen molar-refractivity contribution in [2.75, 3.05) is 18.0 Å². The summed E-state index contributed by atoms with van der Waals surface area (Å²) in [6, 6.07) is 0. The normalized spacial score (nSPS) is 19.1. The summed E-state index contributed by atoms with van der Waals surface area (Å²) < 4.78 is 1.01. The van der Waals surface area contributed by atoms with Gasteiger partial charge in [0.1, 0.15) is 5.82 Å². The number of anilines is 1. The molecule has 1 saturated heterocycles. The summed E-state index contributed by atoms with van der Waals surface area (Å²) in [5.41, 5.74) is 0. The van der Waals surface area contributed by atoms with Crippen LogP contribution in [0.2, 0.25) is 0 Å². The molecule has 0 bridgehead atoms. The van der Waals surface area contributed by atoms with Crippen molar-refractivity contribution in [3.8, 4) is 0 Å². The molecule has 4 rings (SSSR count). The van der Waals surface area contributed by atoms with Crippen molar-refractivity contribution in [2.24, 2.45) is 0 Å². The molecule has 6 nitrogen and oxygen atoms in total. The second-order valence-electron chi connectivity index (χ2n) is 5.60. The van der Waals surface area contributed by atoms with E-state index >= 15 is 0 Å². The molecule has 2 fully saturated rings. The maximum atomic E-state index is 4.54. The van der Waals surface area contributed by atoms with Crippen molar-refractivity contribution in [2.45, 2.75) is 48.1 Å². The van der Waals surface area contributed by atoms with Gasteiger partial charge in [0.2, 0.25) is 5.13 Å². The fourth-order valence-corrected chi connectivity index (χ4v) is 4.26. The van der Waals surface area contributed by atoms with Gasteiger partial charge in [0.25, 0.3) is 0 Å². The lowest BCUT2D eigenvalue weighted by atomic mass is 10.1. The van der Waals surface area contributed by atoms with E-state index in [1.54, 1.807) is 23.1 Å². The first-order valence-corrected chi connectivity index (χ1v) is 9.31. The molecule has 112 valence electrons.